The summed E-state index contributed by atoms with van der Waals surface area (Å²) >= 11 is 0. The highest BCUT2D eigenvalue weighted by atomic mass is 16.5. The SMILES string of the molecule is Cc1cccc(CN2CCN(C(=O)N[C@H](C)CN3CCOCC3)CC2)c1. The summed E-state index contributed by atoms with van der Waals surface area (Å²) in [6.45, 7) is 13.0. The van der Waals surface area contributed by atoms with Gasteiger partial charge in [-0.2, -0.15) is 0 Å². The Morgan fingerprint density at radius 2 is 1.85 bits per heavy atom. The van der Waals surface area contributed by atoms with E-state index in [-0.39, 0.29) is 12.1 Å². The van der Waals surface area contributed by atoms with E-state index < -0.39 is 0 Å². The standard InChI is InChI=1S/C20H32N4O2/c1-17-4-3-5-19(14-17)16-22-6-8-24(9-7-22)20(25)21-18(2)15-23-10-12-26-13-11-23/h3-5,14,18H,6-13,15-16H2,1-2H3,(H,21,25)/t18-/m1/s1. The van der Waals surface area contributed by atoms with E-state index in [0.29, 0.717) is 0 Å². The van der Waals surface area contributed by atoms with Crippen LogP contribution in [-0.4, -0.2) is 85.8 Å². The van der Waals surface area contributed by atoms with E-state index in [9.17, 15) is 4.79 Å². The third-order valence-corrected chi connectivity index (χ3v) is 5.15. The first-order chi connectivity index (χ1) is 12.6. The highest BCUT2D eigenvalue weighted by Gasteiger charge is 2.23. The van der Waals surface area contributed by atoms with E-state index >= 15 is 0 Å². The van der Waals surface area contributed by atoms with Crippen LogP contribution >= 0.6 is 0 Å². The smallest absolute Gasteiger partial charge is 0.317 e. The highest BCUT2D eigenvalue weighted by Crippen LogP contribution is 2.10. The number of nitrogens with zero attached hydrogens (tertiary/aromatic N) is 3. The Morgan fingerprint density at radius 3 is 2.54 bits per heavy atom. The van der Waals surface area contributed by atoms with Crippen LogP contribution in [0.5, 0.6) is 0 Å². The number of hydrogen-bond acceptors (Lipinski definition) is 4. The van der Waals surface area contributed by atoms with E-state index in [4.69, 9.17) is 4.74 Å². The molecule has 2 heterocycles. The molecule has 1 atom stereocenters. The van der Waals surface area contributed by atoms with Crippen molar-refractivity contribution in [2.75, 3.05) is 59.0 Å². The normalized spacial score (nSPS) is 20.8. The fraction of sp³-hybridized carbons (Fsp3) is 0.650. The zero-order valence-electron chi connectivity index (χ0n) is 16.1. The molecule has 2 amide bonds. The number of benzene rings is 1. The minimum absolute atomic E-state index is 0.0703. The summed E-state index contributed by atoms with van der Waals surface area (Å²) in [6, 6.07) is 8.90. The predicted octanol–water partition coefficient (Wildman–Crippen LogP) is 1.54. The number of carbonyl (C=O) groups is 1. The van der Waals surface area contributed by atoms with Gasteiger partial charge in [0.05, 0.1) is 13.2 Å². The van der Waals surface area contributed by atoms with E-state index in [1.807, 2.05) is 4.90 Å². The largest absolute Gasteiger partial charge is 0.379 e. The molecule has 1 aromatic rings. The molecule has 2 aliphatic heterocycles. The second kappa shape index (κ2) is 9.35. The lowest BCUT2D eigenvalue weighted by Gasteiger charge is -2.36. The van der Waals surface area contributed by atoms with E-state index in [1.165, 1.54) is 11.1 Å². The van der Waals surface area contributed by atoms with Crippen molar-refractivity contribution in [2.24, 2.45) is 0 Å². The van der Waals surface area contributed by atoms with E-state index in [1.54, 1.807) is 0 Å². The number of aryl methyl sites for hydroxylation is 1. The molecule has 26 heavy (non-hydrogen) atoms. The molecule has 0 radical (unpaired) electrons. The number of morpholine rings is 1. The lowest BCUT2D eigenvalue weighted by molar-refractivity contribution is 0.0345. The van der Waals surface area contributed by atoms with Crippen LogP contribution < -0.4 is 5.32 Å². The van der Waals surface area contributed by atoms with Gasteiger partial charge in [0.1, 0.15) is 0 Å². The molecular formula is C20H32N4O2. The van der Waals surface area contributed by atoms with Gasteiger partial charge >= 0.3 is 6.03 Å². The van der Waals surface area contributed by atoms with E-state index in [2.05, 4.69) is 53.2 Å². The molecular weight excluding hydrogens is 328 g/mol. The molecule has 1 aromatic carbocycles. The number of rotatable bonds is 5. The summed E-state index contributed by atoms with van der Waals surface area (Å²) < 4.78 is 5.37. The molecule has 0 aliphatic carbocycles. The van der Waals surface area contributed by atoms with Crippen LogP contribution in [0, 0.1) is 6.92 Å². The number of piperazine rings is 1. The van der Waals surface area contributed by atoms with Crippen LogP contribution in [0.3, 0.4) is 0 Å². The van der Waals surface area contributed by atoms with Crippen molar-refractivity contribution in [1.82, 2.24) is 20.0 Å². The van der Waals surface area contributed by atoms with Gasteiger partial charge < -0.3 is 15.0 Å². The van der Waals surface area contributed by atoms with Crippen molar-refractivity contribution in [3.8, 4) is 0 Å². The first kappa shape index (κ1) is 19.1. The third kappa shape index (κ3) is 5.69. The molecule has 2 saturated heterocycles. The summed E-state index contributed by atoms with van der Waals surface area (Å²) in [6.07, 6.45) is 0. The summed E-state index contributed by atoms with van der Waals surface area (Å²) in [7, 11) is 0. The molecule has 0 aromatic heterocycles. The highest BCUT2D eigenvalue weighted by molar-refractivity contribution is 5.74. The lowest BCUT2D eigenvalue weighted by atomic mass is 10.1. The molecule has 2 fully saturated rings. The number of hydrogen-bond donors (Lipinski definition) is 1. The minimum Gasteiger partial charge on any atom is -0.379 e. The Hall–Kier alpha value is -1.63. The molecule has 144 valence electrons. The topological polar surface area (TPSA) is 48.0 Å². The fourth-order valence-corrected chi connectivity index (χ4v) is 3.70. The molecule has 0 spiro atoms. The average molecular weight is 361 g/mol. The van der Waals surface area contributed by atoms with Crippen molar-refractivity contribution in [3.63, 3.8) is 0 Å². The maximum Gasteiger partial charge on any atom is 0.317 e. The van der Waals surface area contributed by atoms with Crippen LogP contribution in [0.1, 0.15) is 18.1 Å². The minimum atomic E-state index is 0.0703. The van der Waals surface area contributed by atoms with Gasteiger partial charge in [-0.25, -0.2) is 4.79 Å². The van der Waals surface area contributed by atoms with Crippen LogP contribution in [0.4, 0.5) is 4.79 Å². The second-order valence-corrected chi connectivity index (χ2v) is 7.52. The Labute approximate surface area is 157 Å². The summed E-state index contributed by atoms with van der Waals surface area (Å²) in [4.78, 5) is 19.2. The Morgan fingerprint density at radius 1 is 1.12 bits per heavy atom. The Balaban J connectivity index is 1.38. The molecule has 1 N–H and O–H groups in total. The molecule has 6 nitrogen and oxygen atoms in total. The number of ether oxygens (including phenoxy) is 1. The monoisotopic (exact) mass is 360 g/mol. The fourth-order valence-electron chi connectivity index (χ4n) is 3.70. The average Bonchev–Trinajstić information content (AvgIpc) is 2.63. The van der Waals surface area contributed by atoms with Crippen molar-refractivity contribution in [2.45, 2.75) is 26.4 Å². The number of nitrogens with one attached hydrogen (secondary N) is 1. The first-order valence-electron chi connectivity index (χ1n) is 9.73. The summed E-state index contributed by atoms with van der Waals surface area (Å²) in [5.41, 5.74) is 2.65. The predicted molar refractivity (Wildman–Crippen MR) is 103 cm³/mol. The Kier molecular flexibility index (Phi) is 6.88. The van der Waals surface area contributed by atoms with Crippen LogP contribution in [0.25, 0.3) is 0 Å². The summed E-state index contributed by atoms with van der Waals surface area (Å²) in [5.74, 6) is 0. The number of carbonyl (C=O) groups excluding carboxylic acids is 1. The maximum atomic E-state index is 12.5. The molecule has 0 saturated carbocycles. The zero-order valence-corrected chi connectivity index (χ0v) is 16.1. The quantitative estimate of drug-likeness (QED) is 0.865. The third-order valence-electron chi connectivity index (χ3n) is 5.15. The van der Waals surface area contributed by atoms with Crippen molar-refractivity contribution < 1.29 is 9.53 Å². The molecule has 3 rings (SSSR count). The van der Waals surface area contributed by atoms with Gasteiger partial charge in [-0.05, 0) is 19.4 Å². The van der Waals surface area contributed by atoms with Gasteiger partial charge in [-0.3, -0.25) is 9.80 Å². The van der Waals surface area contributed by atoms with Crippen LogP contribution in [-0.2, 0) is 11.3 Å². The molecule has 0 unspecified atom stereocenters. The van der Waals surface area contributed by atoms with Gasteiger partial charge in [0, 0.05) is 58.4 Å². The van der Waals surface area contributed by atoms with Crippen molar-refractivity contribution in [1.29, 1.82) is 0 Å². The van der Waals surface area contributed by atoms with E-state index in [0.717, 1.165) is 65.6 Å². The van der Waals surface area contributed by atoms with Crippen molar-refractivity contribution >= 4 is 6.03 Å². The second-order valence-electron chi connectivity index (χ2n) is 7.52. The molecule has 6 heteroatoms. The van der Waals surface area contributed by atoms with Gasteiger partial charge in [0.2, 0.25) is 0 Å². The van der Waals surface area contributed by atoms with Crippen molar-refractivity contribution in [3.05, 3.63) is 35.4 Å². The van der Waals surface area contributed by atoms with Gasteiger partial charge in [-0.1, -0.05) is 29.8 Å². The number of urea groups is 1. The summed E-state index contributed by atoms with van der Waals surface area (Å²) in [5, 5.41) is 3.15. The molecule has 0 bridgehead atoms. The van der Waals surface area contributed by atoms with Gasteiger partial charge in [-0.15, -0.1) is 0 Å². The Bertz CT molecular complexity index is 581. The first-order valence-corrected chi connectivity index (χ1v) is 9.73. The molecule has 2 aliphatic rings. The van der Waals surface area contributed by atoms with Gasteiger partial charge in [0.15, 0.2) is 0 Å². The maximum absolute atomic E-state index is 12.5. The van der Waals surface area contributed by atoms with Crippen LogP contribution in [0.2, 0.25) is 0 Å². The van der Waals surface area contributed by atoms with Gasteiger partial charge in [0.25, 0.3) is 0 Å². The van der Waals surface area contributed by atoms with Crippen LogP contribution in [0.15, 0.2) is 24.3 Å². The zero-order chi connectivity index (χ0) is 18.4. The number of amides is 2. The lowest BCUT2D eigenvalue weighted by Crippen LogP contribution is -2.54.